The molecule has 0 saturated carbocycles. The molecule has 0 aliphatic carbocycles. The Hall–Kier alpha value is -7.31. The summed E-state index contributed by atoms with van der Waals surface area (Å²) in [6, 6.07) is 29.9. The number of likely N-dealkylation sites (N-methyl/N-ethyl adjacent to an activating group) is 3. The standard InChI is InChI=1S/2C24H34N8O2.C23H36N8O.CH3I.CH4/c1-29-9-11-31(12-10-29)13-14-32-23-20(26-24(32)33)22(25-7-8-30-15-17-34-18-16-30)27-21(28-23)19-5-3-2-4-6-19;1-29-9-11-30(12-10-29)8-7-25-22-20-23(28-21(27-22)19-5-3-2-4-6-19)32(24(33)26-20)14-13-31-15-17-34-18-16-31;1-29-11-13-30(14-12-29)9-7-25-22-20(24)23(26-8-10-31-15-17-32-18-16-31)28-21(27-22)19-5-3-2-4-6-19;1-2;/h2*2-6H,7-18H2,1H3,(H,26,33)(H,25,27,28);2-6H,7-18,24H2,1H3,(H2,25,26,27,28);1H3;1H4/i;;;1D;. The Morgan fingerprint density at radius 3 is 0.981 bits per heavy atom. The number of nitrogens with two attached hydrogens (primary N) is 1. The third kappa shape index (κ3) is 22.8. The first-order chi connectivity index (χ1) is 50.4. The van der Waals surface area contributed by atoms with Crippen molar-refractivity contribution >= 4 is 73.9 Å². The van der Waals surface area contributed by atoms with Gasteiger partial charge in [-0.25, -0.2) is 39.5 Å². The van der Waals surface area contributed by atoms with Gasteiger partial charge in [-0.05, 0) is 26.0 Å². The smallest absolute Gasteiger partial charge is 0.327 e. The van der Waals surface area contributed by atoms with E-state index in [4.69, 9.17) is 51.2 Å². The van der Waals surface area contributed by atoms with Crippen LogP contribution in [0.2, 0.25) is 0 Å². The highest BCUT2D eigenvalue weighted by atomic mass is 127. The number of nitrogen functional groups attached to an aromatic ring is 1. The molecule has 6 saturated heterocycles. The predicted molar refractivity (Wildman–Crippen MR) is 423 cm³/mol. The topological polar surface area (TPSA) is 284 Å². The summed E-state index contributed by atoms with van der Waals surface area (Å²) in [5.74, 6) is 4.66. The molecule has 6 aliphatic rings. The van der Waals surface area contributed by atoms with Crippen LogP contribution in [0.3, 0.4) is 0 Å². The fraction of sp³-hybridized carbons (Fsp3) is 0.562. The molecule has 560 valence electrons. The van der Waals surface area contributed by atoms with Crippen molar-refractivity contribution in [1.29, 1.82) is 0 Å². The van der Waals surface area contributed by atoms with E-state index < -0.39 is 0 Å². The molecule has 30 heteroatoms. The van der Waals surface area contributed by atoms with Crippen LogP contribution < -0.4 is 38.4 Å². The molecule has 8 aromatic rings. The maximum Gasteiger partial charge on any atom is 0.327 e. The third-order valence-corrected chi connectivity index (χ3v) is 19.5. The molecular formula is C73H111IN24O5. The van der Waals surface area contributed by atoms with E-state index in [-0.39, 0.29) is 18.8 Å². The Labute approximate surface area is 621 Å². The van der Waals surface area contributed by atoms with Crippen molar-refractivity contribution < 1.29 is 15.6 Å². The second kappa shape index (κ2) is 40.8. The van der Waals surface area contributed by atoms with Gasteiger partial charge >= 0.3 is 11.4 Å². The monoisotopic (exact) mass is 1530 g/mol. The average molecular weight is 1530 g/mol. The van der Waals surface area contributed by atoms with Gasteiger partial charge in [-0.15, -0.1) is 0 Å². The van der Waals surface area contributed by atoms with Gasteiger partial charge in [0, 0.05) is 214 Å². The summed E-state index contributed by atoms with van der Waals surface area (Å²) >= 11 is 1.96. The number of rotatable bonds is 25. The molecule has 0 spiro atoms. The van der Waals surface area contributed by atoms with Gasteiger partial charge in [0.05, 0.1) is 39.6 Å². The minimum absolute atomic E-state index is 0. The van der Waals surface area contributed by atoms with Gasteiger partial charge in [0.1, 0.15) is 16.7 Å². The zero-order valence-corrected chi connectivity index (χ0v) is 62.1. The highest BCUT2D eigenvalue weighted by Crippen LogP contribution is 2.29. The number of aromatic nitrogens is 10. The van der Waals surface area contributed by atoms with Crippen LogP contribution in [-0.2, 0) is 27.3 Å². The number of fused-ring (bicyclic) bond motifs is 2. The predicted octanol–water partition coefficient (Wildman–Crippen LogP) is 4.37. The van der Waals surface area contributed by atoms with Crippen LogP contribution in [0.5, 0.6) is 0 Å². The normalized spacial score (nSPS) is 18.2. The molecule has 5 aromatic heterocycles. The number of hydrogen-bond donors (Lipinski definition) is 7. The van der Waals surface area contributed by atoms with E-state index in [1.165, 1.54) is 0 Å². The molecule has 6 aliphatic heterocycles. The molecule has 3 aromatic carbocycles. The molecule has 0 amide bonds. The molecule has 14 rings (SSSR count). The van der Waals surface area contributed by atoms with Crippen LogP contribution in [0.1, 0.15) is 8.80 Å². The summed E-state index contributed by atoms with van der Waals surface area (Å²) in [4.78, 5) is 82.6. The van der Waals surface area contributed by atoms with Crippen molar-refractivity contribution in [3.63, 3.8) is 0 Å². The van der Waals surface area contributed by atoms with E-state index in [2.05, 4.69) is 96.5 Å². The summed E-state index contributed by atoms with van der Waals surface area (Å²) in [6.07, 6.45) is 0. The van der Waals surface area contributed by atoms with E-state index >= 15 is 0 Å². The SMILES string of the molecule is C.CN1CCN(CCNc2nc(-c3ccccc3)nc(NCCN3CCOCC3)c2N)CC1.CN1CCN(CCNc2nc(-c3ccccc3)nc3c2[nH]c(=O)n3CCN2CCOCC2)CC1.CN1CCN(CCn2c(=O)[nH]c3c(NCCN4CCOCC4)nc(-c4ccccc4)nc32)CC1.[2H]CI. The summed E-state index contributed by atoms with van der Waals surface area (Å²) < 4.78 is 26.0. The first-order valence-electron chi connectivity index (χ1n) is 36.9. The third-order valence-electron chi connectivity index (χ3n) is 19.5. The minimum Gasteiger partial charge on any atom is -0.393 e. The molecule has 0 atom stereocenters. The molecule has 6 fully saturated rings. The number of halogens is 1. The van der Waals surface area contributed by atoms with Crippen LogP contribution in [-0.4, -0.2) is 342 Å². The Balaban J connectivity index is 0.000000164. The number of morpholine rings is 3. The Morgan fingerprint density at radius 2 is 0.660 bits per heavy atom. The lowest BCUT2D eigenvalue weighted by Gasteiger charge is -2.32. The lowest BCUT2D eigenvalue weighted by Crippen LogP contribution is -2.45. The first kappa shape index (κ1) is 76.8. The van der Waals surface area contributed by atoms with Crippen molar-refractivity contribution in [3.05, 3.63) is 112 Å². The molecule has 8 N–H and O–H groups in total. The second-order valence-corrected chi connectivity index (χ2v) is 26.6. The van der Waals surface area contributed by atoms with Crippen LogP contribution in [0, 0.1) is 0 Å². The van der Waals surface area contributed by atoms with E-state index in [0.717, 1.165) is 240 Å². The quantitative estimate of drug-likeness (QED) is 0.0309. The maximum absolute atomic E-state index is 12.9. The summed E-state index contributed by atoms with van der Waals surface area (Å²) in [6.45, 7) is 32.7. The van der Waals surface area contributed by atoms with E-state index in [1.54, 1.807) is 9.13 Å². The molecular weight excluding hydrogens is 1420 g/mol. The minimum atomic E-state index is -0.148. The molecule has 0 bridgehead atoms. The Bertz CT molecular complexity index is 3930. The average Bonchev–Trinajstić information content (AvgIpc) is 1.62. The number of benzene rings is 3. The zero-order valence-electron chi connectivity index (χ0n) is 60.9. The lowest BCUT2D eigenvalue weighted by atomic mass is 10.2. The number of piperazine rings is 3. The van der Waals surface area contributed by atoms with Crippen molar-refractivity contribution in [2.75, 3.05) is 276 Å². The van der Waals surface area contributed by atoms with Crippen LogP contribution >= 0.6 is 22.6 Å². The lowest BCUT2D eigenvalue weighted by molar-refractivity contribution is 0.0364. The van der Waals surface area contributed by atoms with Gasteiger partial charge in [0.2, 0.25) is 0 Å². The molecule has 103 heavy (non-hydrogen) atoms. The number of alkyl halides is 1. The molecule has 11 heterocycles. The van der Waals surface area contributed by atoms with Gasteiger partial charge in [-0.1, -0.05) is 121 Å². The van der Waals surface area contributed by atoms with Gasteiger partial charge in [0.15, 0.2) is 52.0 Å². The van der Waals surface area contributed by atoms with Gasteiger partial charge in [-0.2, -0.15) is 0 Å². The van der Waals surface area contributed by atoms with Gasteiger partial charge in [-0.3, -0.25) is 38.5 Å². The maximum atomic E-state index is 12.9. The van der Waals surface area contributed by atoms with Crippen LogP contribution in [0.15, 0.2) is 101 Å². The number of nitrogens with one attached hydrogen (secondary N) is 6. The summed E-state index contributed by atoms with van der Waals surface area (Å²) in [5, 5.41) is 13.9. The fourth-order valence-corrected chi connectivity index (χ4v) is 13.1. The van der Waals surface area contributed by atoms with E-state index in [9.17, 15) is 9.59 Å². The van der Waals surface area contributed by atoms with Gasteiger partial charge in [0.25, 0.3) is 0 Å². The van der Waals surface area contributed by atoms with Crippen molar-refractivity contribution in [1.82, 2.24) is 93.1 Å². The molecule has 29 nitrogen and oxygen atoms in total. The fourth-order valence-electron chi connectivity index (χ4n) is 13.1. The number of hydrogen-bond acceptors (Lipinski definition) is 25. The van der Waals surface area contributed by atoms with Crippen LogP contribution in [0.25, 0.3) is 56.5 Å². The number of H-pyrrole nitrogens is 2. The summed E-state index contributed by atoms with van der Waals surface area (Å²) in [7, 11) is 6.49. The number of imidazole rings is 2. The number of aromatic amines is 2. The first-order valence-corrected chi connectivity index (χ1v) is 37.8. The van der Waals surface area contributed by atoms with Gasteiger partial charge < -0.3 is 65.9 Å². The van der Waals surface area contributed by atoms with E-state index in [1.807, 2.05) is 114 Å². The molecule has 0 unspecified atom stereocenters. The van der Waals surface area contributed by atoms with Crippen molar-refractivity contribution in [3.8, 4) is 34.2 Å². The second-order valence-electron chi connectivity index (χ2n) is 26.6. The Morgan fingerprint density at radius 1 is 0.398 bits per heavy atom. The van der Waals surface area contributed by atoms with Crippen LogP contribution in [0.4, 0.5) is 29.0 Å². The zero-order chi connectivity index (χ0) is 71.5. The number of nitrogens with zero attached hydrogens (tertiary/aromatic N) is 17. The Kier molecular flexibility index (Phi) is 30.4. The number of ether oxygens (including phenoxy) is 3. The highest BCUT2D eigenvalue weighted by molar-refractivity contribution is 14.1. The van der Waals surface area contributed by atoms with E-state index in [0.29, 0.717) is 86.8 Å². The highest BCUT2D eigenvalue weighted by Gasteiger charge is 2.24. The number of anilines is 5. The summed E-state index contributed by atoms with van der Waals surface area (Å²) in [5.41, 5.74) is 12.3. The largest absolute Gasteiger partial charge is 0.393 e. The van der Waals surface area contributed by atoms with Crippen molar-refractivity contribution in [2.24, 2.45) is 0 Å². The molecule has 0 radical (unpaired) electrons. The van der Waals surface area contributed by atoms with Crippen molar-refractivity contribution in [2.45, 2.75) is 20.5 Å².